The van der Waals surface area contributed by atoms with Gasteiger partial charge in [0.1, 0.15) is 19.0 Å². The number of imidazole rings is 1. The zero-order valence-corrected chi connectivity index (χ0v) is 16.8. The van der Waals surface area contributed by atoms with Gasteiger partial charge in [0.15, 0.2) is 0 Å². The summed E-state index contributed by atoms with van der Waals surface area (Å²) in [5.74, 6) is 0.766. The summed E-state index contributed by atoms with van der Waals surface area (Å²) in [5.41, 5.74) is 1.82. The Balaban J connectivity index is 1.72. The van der Waals surface area contributed by atoms with E-state index in [0.29, 0.717) is 19.0 Å². The summed E-state index contributed by atoms with van der Waals surface area (Å²) in [6, 6.07) is 8.18. The third-order valence-electron chi connectivity index (χ3n) is 5.49. The predicted octanol–water partition coefficient (Wildman–Crippen LogP) is 2.13. The molecule has 1 fully saturated rings. The van der Waals surface area contributed by atoms with Crippen molar-refractivity contribution in [2.75, 3.05) is 27.3 Å². The molecular formula is C21H30N4O3. The standard InChI is InChI=1S/C21H30N4O3/c1-24(16-8-4-3-5-9-16)21(27)14-25-18-11-7-6-10-17(18)23-19(25)12-13-22-20(26)15-28-2/h6-7,10-11,16H,3-5,8-9,12-15H2,1-2H3,(H,22,26). The topological polar surface area (TPSA) is 76.5 Å². The van der Waals surface area contributed by atoms with Gasteiger partial charge in [-0.05, 0) is 25.0 Å². The van der Waals surface area contributed by atoms with Crippen LogP contribution in [0.15, 0.2) is 24.3 Å². The highest BCUT2D eigenvalue weighted by atomic mass is 16.5. The molecule has 1 aromatic carbocycles. The van der Waals surface area contributed by atoms with Crippen LogP contribution in [-0.2, 0) is 27.3 Å². The van der Waals surface area contributed by atoms with E-state index in [2.05, 4.69) is 5.32 Å². The lowest BCUT2D eigenvalue weighted by atomic mass is 9.94. The highest BCUT2D eigenvalue weighted by molar-refractivity contribution is 5.81. The Bertz CT molecular complexity index is 811. The first kappa shape index (κ1) is 20.3. The van der Waals surface area contributed by atoms with Gasteiger partial charge in [0.2, 0.25) is 11.8 Å². The molecule has 3 rings (SSSR count). The number of benzene rings is 1. The lowest BCUT2D eigenvalue weighted by molar-refractivity contribution is -0.133. The second-order valence-corrected chi connectivity index (χ2v) is 7.43. The second kappa shape index (κ2) is 9.68. The fraction of sp³-hybridized carbons (Fsp3) is 0.571. The number of likely N-dealkylation sites (N-methyl/N-ethyl adjacent to an activating group) is 1. The Hall–Kier alpha value is -2.41. The van der Waals surface area contributed by atoms with E-state index in [1.54, 1.807) is 0 Å². The third kappa shape index (κ3) is 4.90. The van der Waals surface area contributed by atoms with Crippen molar-refractivity contribution in [1.82, 2.24) is 19.8 Å². The van der Waals surface area contributed by atoms with Gasteiger partial charge in [0.05, 0.1) is 11.0 Å². The Morgan fingerprint density at radius 2 is 2.00 bits per heavy atom. The van der Waals surface area contributed by atoms with Gasteiger partial charge in [0, 0.05) is 33.2 Å². The lowest BCUT2D eigenvalue weighted by Gasteiger charge is -2.31. The van der Waals surface area contributed by atoms with Gasteiger partial charge in [-0.3, -0.25) is 9.59 Å². The molecule has 1 aliphatic rings. The summed E-state index contributed by atoms with van der Waals surface area (Å²) in [5, 5.41) is 2.82. The number of methoxy groups -OCH3 is 1. The summed E-state index contributed by atoms with van der Waals surface area (Å²) >= 11 is 0. The van der Waals surface area contributed by atoms with Crippen molar-refractivity contribution in [2.24, 2.45) is 0 Å². The molecule has 0 atom stereocenters. The molecule has 1 aliphatic carbocycles. The van der Waals surface area contributed by atoms with Crippen molar-refractivity contribution in [1.29, 1.82) is 0 Å². The van der Waals surface area contributed by atoms with E-state index >= 15 is 0 Å². The summed E-state index contributed by atoms with van der Waals surface area (Å²) in [4.78, 5) is 31.2. The van der Waals surface area contributed by atoms with Crippen LogP contribution in [0.5, 0.6) is 0 Å². The van der Waals surface area contributed by atoms with Crippen LogP contribution in [-0.4, -0.2) is 59.6 Å². The van der Waals surface area contributed by atoms with Crippen LogP contribution in [0.1, 0.15) is 37.9 Å². The number of aromatic nitrogens is 2. The van der Waals surface area contributed by atoms with E-state index in [0.717, 1.165) is 29.7 Å². The number of fused-ring (bicyclic) bond motifs is 1. The molecule has 2 aromatic rings. The SMILES string of the molecule is COCC(=O)NCCc1nc2ccccc2n1CC(=O)N(C)C1CCCCC1. The van der Waals surface area contributed by atoms with E-state index in [4.69, 9.17) is 9.72 Å². The number of hydrogen-bond acceptors (Lipinski definition) is 4. The molecule has 152 valence electrons. The maximum Gasteiger partial charge on any atom is 0.245 e. The van der Waals surface area contributed by atoms with Gasteiger partial charge in [-0.2, -0.15) is 0 Å². The highest BCUT2D eigenvalue weighted by Crippen LogP contribution is 2.23. The number of ether oxygens (including phenoxy) is 1. The fourth-order valence-corrected chi connectivity index (χ4v) is 3.91. The number of amides is 2. The van der Waals surface area contributed by atoms with Crippen LogP contribution < -0.4 is 5.32 Å². The quantitative estimate of drug-likeness (QED) is 0.754. The van der Waals surface area contributed by atoms with Crippen LogP contribution in [0, 0.1) is 0 Å². The van der Waals surface area contributed by atoms with Crippen molar-refractivity contribution in [2.45, 2.75) is 51.1 Å². The van der Waals surface area contributed by atoms with Gasteiger partial charge < -0.3 is 19.5 Å². The number of para-hydroxylation sites is 2. The van der Waals surface area contributed by atoms with Crippen molar-refractivity contribution in [3.63, 3.8) is 0 Å². The first-order chi connectivity index (χ1) is 13.6. The monoisotopic (exact) mass is 386 g/mol. The average Bonchev–Trinajstić information content (AvgIpc) is 3.05. The number of nitrogens with one attached hydrogen (secondary N) is 1. The normalized spacial score (nSPS) is 14.9. The van der Waals surface area contributed by atoms with Crippen molar-refractivity contribution >= 4 is 22.8 Å². The molecule has 1 aromatic heterocycles. The molecular weight excluding hydrogens is 356 g/mol. The molecule has 7 heteroatoms. The largest absolute Gasteiger partial charge is 0.375 e. The van der Waals surface area contributed by atoms with E-state index in [-0.39, 0.29) is 25.0 Å². The first-order valence-electron chi connectivity index (χ1n) is 10.1. The molecule has 28 heavy (non-hydrogen) atoms. The minimum atomic E-state index is -0.154. The van der Waals surface area contributed by atoms with Crippen LogP contribution in [0.4, 0.5) is 0 Å². The zero-order chi connectivity index (χ0) is 19.9. The summed E-state index contributed by atoms with van der Waals surface area (Å²) in [6.45, 7) is 0.772. The first-order valence-corrected chi connectivity index (χ1v) is 10.1. The van der Waals surface area contributed by atoms with Gasteiger partial charge in [-0.25, -0.2) is 4.98 Å². The molecule has 0 spiro atoms. The van der Waals surface area contributed by atoms with Crippen LogP contribution in [0.2, 0.25) is 0 Å². The average molecular weight is 386 g/mol. The van der Waals surface area contributed by atoms with E-state index in [1.807, 2.05) is 40.8 Å². The molecule has 0 unspecified atom stereocenters. The Labute approximate surface area is 166 Å². The predicted molar refractivity (Wildman–Crippen MR) is 108 cm³/mol. The fourth-order valence-electron chi connectivity index (χ4n) is 3.91. The maximum atomic E-state index is 13.0. The third-order valence-corrected chi connectivity index (χ3v) is 5.49. The molecule has 0 saturated heterocycles. The number of carbonyl (C=O) groups excluding carboxylic acids is 2. The zero-order valence-electron chi connectivity index (χ0n) is 16.8. The molecule has 0 bridgehead atoms. The Morgan fingerprint density at radius 1 is 1.25 bits per heavy atom. The van der Waals surface area contributed by atoms with Crippen LogP contribution in [0.25, 0.3) is 11.0 Å². The number of hydrogen-bond donors (Lipinski definition) is 1. The number of carbonyl (C=O) groups is 2. The van der Waals surface area contributed by atoms with Crippen molar-refractivity contribution in [3.05, 3.63) is 30.1 Å². The summed E-state index contributed by atoms with van der Waals surface area (Å²) < 4.78 is 6.82. The van der Waals surface area contributed by atoms with E-state index in [9.17, 15) is 9.59 Å². The van der Waals surface area contributed by atoms with Gasteiger partial charge >= 0.3 is 0 Å². The number of nitrogens with zero attached hydrogens (tertiary/aromatic N) is 3. The minimum absolute atomic E-state index is 0.0427. The summed E-state index contributed by atoms with van der Waals surface area (Å²) in [7, 11) is 3.41. The van der Waals surface area contributed by atoms with Gasteiger partial charge in [-0.1, -0.05) is 31.4 Å². The smallest absolute Gasteiger partial charge is 0.245 e. The molecule has 0 aliphatic heterocycles. The molecule has 1 N–H and O–H groups in total. The highest BCUT2D eigenvalue weighted by Gasteiger charge is 2.23. The molecule has 1 heterocycles. The van der Waals surface area contributed by atoms with Gasteiger partial charge in [0.25, 0.3) is 0 Å². The maximum absolute atomic E-state index is 13.0. The molecule has 1 saturated carbocycles. The number of rotatable bonds is 8. The van der Waals surface area contributed by atoms with Gasteiger partial charge in [-0.15, -0.1) is 0 Å². The molecule has 0 radical (unpaired) electrons. The van der Waals surface area contributed by atoms with Crippen molar-refractivity contribution < 1.29 is 14.3 Å². The lowest BCUT2D eigenvalue weighted by Crippen LogP contribution is -2.40. The molecule has 2 amide bonds. The Kier molecular flexibility index (Phi) is 7.03. The van der Waals surface area contributed by atoms with E-state index in [1.165, 1.54) is 26.4 Å². The van der Waals surface area contributed by atoms with Crippen molar-refractivity contribution in [3.8, 4) is 0 Å². The Morgan fingerprint density at radius 3 is 2.75 bits per heavy atom. The van der Waals surface area contributed by atoms with Crippen LogP contribution in [0.3, 0.4) is 0 Å². The minimum Gasteiger partial charge on any atom is -0.375 e. The van der Waals surface area contributed by atoms with Crippen LogP contribution >= 0.6 is 0 Å². The summed E-state index contributed by atoms with van der Waals surface area (Å²) in [6.07, 6.45) is 6.40. The molecule has 7 nitrogen and oxygen atoms in total. The van der Waals surface area contributed by atoms with E-state index < -0.39 is 0 Å². The second-order valence-electron chi connectivity index (χ2n) is 7.43.